The highest BCUT2D eigenvalue weighted by atomic mass is 16.6. The molecule has 0 N–H and O–H groups in total. The van der Waals surface area contributed by atoms with Crippen LogP contribution >= 0.6 is 0 Å². The van der Waals surface area contributed by atoms with E-state index in [4.69, 9.17) is 14.2 Å². The van der Waals surface area contributed by atoms with Crippen LogP contribution in [-0.2, 0) is 14.2 Å². The van der Waals surface area contributed by atoms with Gasteiger partial charge in [-0.3, -0.25) is 0 Å². The third-order valence-electron chi connectivity index (χ3n) is 4.93. The lowest BCUT2D eigenvalue weighted by molar-refractivity contribution is -0.0636. The molecule has 2 aliphatic carbocycles. The maximum atomic E-state index is 6.06. The van der Waals surface area contributed by atoms with Gasteiger partial charge in [0.2, 0.25) is 0 Å². The predicted molar refractivity (Wildman–Crippen MR) is 58.1 cm³/mol. The van der Waals surface area contributed by atoms with Crippen LogP contribution in [-0.4, -0.2) is 37.6 Å². The second-order valence-corrected chi connectivity index (χ2v) is 6.03. The Kier molecular flexibility index (Phi) is 2.12. The second kappa shape index (κ2) is 3.44. The molecule has 3 nitrogen and oxygen atoms in total. The van der Waals surface area contributed by atoms with Crippen LogP contribution in [0.1, 0.15) is 26.2 Å². The van der Waals surface area contributed by atoms with Crippen molar-refractivity contribution in [3.8, 4) is 0 Å². The van der Waals surface area contributed by atoms with Crippen molar-refractivity contribution in [1.82, 2.24) is 0 Å². The van der Waals surface area contributed by atoms with Crippen LogP contribution < -0.4 is 0 Å². The lowest BCUT2D eigenvalue weighted by Crippen LogP contribution is -2.35. The van der Waals surface area contributed by atoms with Gasteiger partial charge in [-0.15, -0.1) is 0 Å². The standard InChI is InChI=1S/C13H20O3/c1-7-2-10-8-3-11(13(10)16-7)12(4-8)15-6-9-5-14-9/h7-13H,2-6H2,1H3. The fourth-order valence-corrected chi connectivity index (χ4v) is 4.17. The summed E-state index contributed by atoms with van der Waals surface area (Å²) in [6.45, 7) is 3.92. The van der Waals surface area contributed by atoms with E-state index < -0.39 is 0 Å². The van der Waals surface area contributed by atoms with Crippen molar-refractivity contribution in [1.29, 1.82) is 0 Å². The summed E-state index contributed by atoms with van der Waals surface area (Å²) in [5, 5.41) is 0. The molecule has 0 aromatic carbocycles. The van der Waals surface area contributed by atoms with E-state index in [-0.39, 0.29) is 0 Å². The molecule has 3 heteroatoms. The van der Waals surface area contributed by atoms with E-state index in [0.29, 0.717) is 30.3 Å². The molecule has 7 unspecified atom stereocenters. The molecule has 4 rings (SSSR count). The molecule has 4 aliphatic rings. The van der Waals surface area contributed by atoms with Gasteiger partial charge < -0.3 is 14.2 Å². The molecule has 0 radical (unpaired) electrons. The van der Waals surface area contributed by atoms with Crippen LogP contribution in [0.3, 0.4) is 0 Å². The average molecular weight is 224 g/mol. The molecule has 0 aromatic heterocycles. The van der Waals surface area contributed by atoms with E-state index in [0.717, 1.165) is 25.0 Å². The summed E-state index contributed by atoms with van der Waals surface area (Å²) < 4.78 is 17.3. The normalized spacial score (nSPS) is 57.9. The first-order valence-corrected chi connectivity index (χ1v) is 6.70. The molecular formula is C13H20O3. The molecular weight excluding hydrogens is 204 g/mol. The van der Waals surface area contributed by atoms with Gasteiger partial charge in [-0.05, 0) is 38.0 Å². The van der Waals surface area contributed by atoms with E-state index in [1.54, 1.807) is 0 Å². The SMILES string of the molecule is CC1CC2C3CC(OCC4CO4)C(C3)C2O1. The Morgan fingerprint density at radius 2 is 2.06 bits per heavy atom. The number of rotatable bonds is 3. The average Bonchev–Trinajstić information content (AvgIpc) is 2.73. The fraction of sp³-hybridized carbons (Fsp3) is 1.00. The highest BCUT2D eigenvalue weighted by Crippen LogP contribution is 2.55. The summed E-state index contributed by atoms with van der Waals surface area (Å²) in [4.78, 5) is 0. The van der Waals surface area contributed by atoms with Crippen LogP contribution in [0.5, 0.6) is 0 Å². The minimum Gasteiger partial charge on any atom is -0.375 e. The maximum Gasteiger partial charge on any atom is 0.104 e. The highest BCUT2D eigenvalue weighted by Gasteiger charge is 2.57. The largest absolute Gasteiger partial charge is 0.375 e. The molecule has 0 aromatic rings. The van der Waals surface area contributed by atoms with Gasteiger partial charge in [0.1, 0.15) is 6.10 Å². The zero-order valence-electron chi connectivity index (χ0n) is 9.80. The Morgan fingerprint density at radius 1 is 1.19 bits per heavy atom. The summed E-state index contributed by atoms with van der Waals surface area (Å²) in [7, 11) is 0. The lowest BCUT2D eigenvalue weighted by atomic mass is 9.84. The van der Waals surface area contributed by atoms with Crippen LogP contribution in [0.2, 0.25) is 0 Å². The van der Waals surface area contributed by atoms with Gasteiger partial charge in [-0.1, -0.05) is 0 Å². The summed E-state index contributed by atoms with van der Waals surface area (Å²) in [5.41, 5.74) is 0. The van der Waals surface area contributed by atoms with Gasteiger partial charge in [0.05, 0.1) is 31.5 Å². The fourth-order valence-electron chi connectivity index (χ4n) is 4.17. The van der Waals surface area contributed by atoms with E-state index >= 15 is 0 Å². The first kappa shape index (κ1) is 9.86. The van der Waals surface area contributed by atoms with Crippen molar-refractivity contribution in [2.24, 2.45) is 17.8 Å². The summed E-state index contributed by atoms with van der Waals surface area (Å²) >= 11 is 0. The number of hydrogen-bond donors (Lipinski definition) is 0. The number of fused-ring (bicyclic) bond motifs is 5. The summed E-state index contributed by atoms with van der Waals surface area (Å²) in [6, 6.07) is 0. The number of ether oxygens (including phenoxy) is 3. The van der Waals surface area contributed by atoms with Gasteiger partial charge in [0.25, 0.3) is 0 Å². The van der Waals surface area contributed by atoms with Crippen molar-refractivity contribution in [2.75, 3.05) is 13.2 Å². The van der Waals surface area contributed by atoms with Gasteiger partial charge in [-0.25, -0.2) is 0 Å². The van der Waals surface area contributed by atoms with E-state index in [1.807, 2.05) is 0 Å². The highest BCUT2D eigenvalue weighted by molar-refractivity contribution is 5.05. The Balaban J connectivity index is 1.41. The maximum absolute atomic E-state index is 6.06. The molecule has 2 saturated carbocycles. The van der Waals surface area contributed by atoms with E-state index in [9.17, 15) is 0 Å². The third kappa shape index (κ3) is 1.45. The van der Waals surface area contributed by atoms with Crippen molar-refractivity contribution < 1.29 is 14.2 Å². The van der Waals surface area contributed by atoms with Gasteiger partial charge in [-0.2, -0.15) is 0 Å². The first-order valence-electron chi connectivity index (χ1n) is 6.70. The quantitative estimate of drug-likeness (QED) is 0.682. The molecule has 7 atom stereocenters. The third-order valence-corrected chi connectivity index (χ3v) is 4.93. The van der Waals surface area contributed by atoms with Crippen molar-refractivity contribution in [3.05, 3.63) is 0 Å². The zero-order chi connectivity index (χ0) is 10.7. The van der Waals surface area contributed by atoms with Crippen molar-refractivity contribution in [2.45, 2.75) is 50.6 Å². The van der Waals surface area contributed by atoms with Crippen molar-refractivity contribution in [3.63, 3.8) is 0 Å². The Labute approximate surface area is 96.4 Å². The minimum absolute atomic E-state index is 0.401. The minimum atomic E-state index is 0.401. The van der Waals surface area contributed by atoms with E-state index in [1.165, 1.54) is 19.3 Å². The second-order valence-electron chi connectivity index (χ2n) is 6.03. The lowest BCUT2D eigenvalue weighted by Gasteiger charge is -2.30. The van der Waals surface area contributed by atoms with Crippen molar-refractivity contribution >= 4 is 0 Å². The summed E-state index contributed by atoms with van der Waals surface area (Å²) in [6.07, 6.45) is 5.75. The van der Waals surface area contributed by atoms with Gasteiger partial charge >= 0.3 is 0 Å². The molecule has 16 heavy (non-hydrogen) atoms. The Morgan fingerprint density at radius 3 is 2.88 bits per heavy atom. The van der Waals surface area contributed by atoms with Crippen LogP contribution in [0.25, 0.3) is 0 Å². The van der Waals surface area contributed by atoms with Crippen LogP contribution in [0, 0.1) is 17.8 Å². The van der Waals surface area contributed by atoms with Crippen LogP contribution in [0.15, 0.2) is 0 Å². The topological polar surface area (TPSA) is 31.0 Å². The smallest absolute Gasteiger partial charge is 0.104 e. The Hall–Kier alpha value is -0.120. The molecule has 2 bridgehead atoms. The molecule has 2 aliphatic heterocycles. The van der Waals surface area contributed by atoms with Gasteiger partial charge in [0.15, 0.2) is 0 Å². The molecule has 2 heterocycles. The first-order chi connectivity index (χ1) is 7.81. The molecule has 0 spiro atoms. The summed E-state index contributed by atoms with van der Waals surface area (Å²) in [5.74, 6) is 2.40. The monoisotopic (exact) mass is 224 g/mol. The zero-order valence-corrected chi connectivity index (χ0v) is 9.80. The molecule has 0 amide bonds. The molecule has 4 fully saturated rings. The number of hydrogen-bond acceptors (Lipinski definition) is 3. The molecule has 90 valence electrons. The van der Waals surface area contributed by atoms with Gasteiger partial charge in [0, 0.05) is 5.92 Å². The predicted octanol–water partition coefficient (Wildman–Crippen LogP) is 1.60. The molecule has 2 saturated heterocycles. The van der Waals surface area contributed by atoms with E-state index in [2.05, 4.69) is 6.92 Å². The Bertz CT molecular complexity index is 289. The number of epoxide rings is 1. The van der Waals surface area contributed by atoms with Crippen LogP contribution in [0.4, 0.5) is 0 Å².